The van der Waals surface area contributed by atoms with Gasteiger partial charge in [-0.25, -0.2) is 4.98 Å². The first-order chi connectivity index (χ1) is 14.3. The van der Waals surface area contributed by atoms with Gasteiger partial charge in [-0.1, -0.05) is 12.5 Å². The number of nitro groups is 1. The summed E-state index contributed by atoms with van der Waals surface area (Å²) >= 11 is 1.54. The molecule has 0 aliphatic carbocycles. The van der Waals surface area contributed by atoms with Gasteiger partial charge in [0.2, 0.25) is 5.91 Å². The van der Waals surface area contributed by atoms with E-state index in [9.17, 15) is 24.5 Å². The SMILES string of the molecule is Cc1nc(C(C)NC(=O)CCCCCN2C(=O)c3cccc([N+](=O)[O-])c3C2=O)cs1. The third-order valence-corrected chi connectivity index (χ3v) is 5.71. The lowest BCUT2D eigenvalue weighted by molar-refractivity contribution is -0.385. The molecule has 0 saturated heterocycles. The Hall–Kier alpha value is -3.14. The molecule has 1 atom stereocenters. The molecule has 1 aromatic heterocycles. The molecule has 1 N–H and O–H groups in total. The molecule has 0 saturated carbocycles. The highest BCUT2D eigenvalue weighted by Gasteiger charge is 2.40. The second-order valence-corrected chi connectivity index (χ2v) is 8.17. The molecule has 3 rings (SSSR count). The van der Waals surface area contributed by atoms with E-state index in [0.717, 1.165) is 15.6 Å². The second kappa shape index (κ2) is 9.12. The monoisotopic (exact) mass is 430 g/mol. The second-order valence-electron chi connectivity index (χ2n) is 7.11. The van der Waals surface area contributed by atoms with Gasteiger partial charge in [-0.3, -0.25) is 29.4 Å². The number of rotatable bonds is 9. The highest BCUT2D eigenvalue weighted by atomic mass is 32.1. The molecule has 30 heavy (non-hydrogen) atoms. The van der Waals surface area contributed by atoms with Crippen LogP contribution in [0.3, 0.4) is 0 Å². The van der Waals surface area contributed by atoms with Gasteiger partial charge in [-0.2, -0.15) is 0 Å². The molecular formula is C20H22N4O5S. The van der Waals surface area contributed by atoms with E-state index in [-0.39, 0.29) is 35.3 Å². The molecular weight excluding hydrogens is 408 g/mol. The van der Waals surface area contributed by atoms with Gasteiger partial charge < -0.3 is 5.32 Å². The highest BCUT2D eigenvalue weighted by molar-refractivity contribution is 7.09. The molecule has 2 heterocycles. The number of carbonyl (C=O) groups excluding carboxylic acids is 3. The first-order valence-corrected chi connectivity index (χ1v) is 10.5. The maximum Gasteiger partial charge on any atom is 0.282 e. The number of hydrogen-bond acceptors (Lipinski definition) is 7. The molecule has 1 unspecified atom stereocenters. The lowest BCUT2D eigenvalue weighted by Crippen LogP contribution is -2.31. The van der Waals surface area contributed by atoms with Crippen molar-refractivity contribution in [1.82, 2.24) is 15.2 Å². The van der Waals surface area contributed by atoms with Crippen LogP contribution in [0.2, 0.25) is 0 Å². The summed E-state index contributed by atoms with van der Waals surface area (Å²) in [5.41, 5.74) is 0.415. The number of nitro benzene ring substituents is 1. The van der Waals surface area contributed by atoms with Crippen LogP contribution in [0.1, 0.15) is 70.1 Å². The zero-order chi connectivity index (χ0) is 21.8. The van der Waals surface area contributed by atoms with Crippen molar-refractivity contribution in [2.75, 3.05) is 6.54 Å². The maximum absolute atomic E-state index is 12.5. The Morgan fingerprint density at radius 1 is 1.27 bits per heavy atom. The van der Waals surface area contributed by atoms with Gasteiger partial charge in [0.15, 0.2) is 0 Å². The lowest BCUT2D eigenvalue weighted by Gasteiger charge is -2.14. The van der Waals surface area contributed by atoms with Crippen molar-refractivity contribution < 1.29 is 19.3 Å². The fourth-order valence-electron chi connectivity index (χ4n) is 3.37. The van der Waals surface area contributed by atoms with Gasteiger partial charge in [0.1, 0.15) is 5.56 Å². The highest BCUT2D eigenvalue weighted by Crippen LogP contribution is 2.30. The van der Waals surface area contributed by atoms with E-state index in [1.165, 1.54) is 29.5 Å². The zero-order valence-corrected chi connectivity index (χ0v) is 17.5. The molecule has 0 radical (unpaired) electrons. The molecule has 3 amide bonds. The van der Waals surface area contributed by atoms with Crippen molar-refractivity contribution >= 4 is 34.7 Å². The van der Waals surface area contributed by atoms with Crippen LogP contribution in [0.25, 0.3) is 0 Å². The Morgan fingerprint density at radius 3 is 2.70 bits per heavy atom. The van der Waals surface area contributed by atoms with Crippen molar-refractivity contribution in [3.63, 3.8) is 0 Å². The zero-order valence-electron chi connectivity index (χ0n) is 16.7. The molecule has 9 nitrogen and oxygen atoms in total. The number of fused-ring (bicyclic) bond motifs is 1. The Bertz CT molecular complexity index is 1000. The van der Waals surface area contributed by atoms with Crippen LogP contribution >= 0.6 is 11.3 Å². The number of unbranched alkanes of at least 4 members (excludes halogenated alkanes) is 2. The summed E-state index contributed by atoms with van der Waals surface area (Å²) in [6.07, 6.45) is 2.11. The predicted octanol–water partition coefficient (Wildman–Crippen LogP) is 3.39. The number of benzene rings is 1. The van der Waals surface area contributed by atoms with Crippen molar-refractivity contribution in [1.29, 1.82) is 0 Å². The molecule has 2 aromatic rings. The Balaban J connectivity index is 1.44. The van der Waals surface area contributed by atoms with Gasteiger partial charge >= 0.3 is 0 Å². The number of hydrogen-bond donors (Lipinski definition) is 1. The largest absolute Gasteiger partial charge is 0.348 e. The van der Waals surface area contributed by atoms with Gasteiger partial charge in [-0.05, 0) is 32.8 Å². The van der Waals surface area contributed by atoms with E-state index < -0.39 is 16.7 Å². The summed E-state index contributed by atoms with van der Waals surface area (Å²) in [4.78, 5) is 52.9. The van der Waals surface area contributed by atoms with Crippen LogP contribution in [0.5, 0.6) is 0 Å². The molecule has 158 valence electrons. The molecule has 0 bridgehead atoms. The number of imide groups is 1. The Morgan fingerprint density at radius 2 is 2.03 bits per heavy atom. The number of nitrogens with one attached hydrogen (secondary N) is 1. The van der Waals surface area contributed by atoms with E-state index in [1.807, 2.05) is 19.2 Å². The number of thiazole rings is 1. The van der Waals surface area contributed by atoms with Crippen molar-refractivity contribution in [2.45, 2.75) is 45.6 Å². The minimum absolute atomic E-state index is 0.0693. The summed E-state index contributed by atoms with van der Waals surface area (Å²) in [5.74, 6) is -1.22. The first kappa shape index (κ1) is 21.6. The quantitative estimate of drug-likeness (QED) is 0.282. The number of nitrogens with zero attached hydrogens (tertiary/aromatic N) is 3. The fraction of sp³-hybridized carbons (Fsp3) is 0.400. The van der Waals surface area contributed by atoms with E-state index >= 15 is 0 Å². The molecule has 0 spiro atoms. The average molecular weight is 430 g/mol. The Labute approximate surface area is 177 Å². The normalized spacial score (nSPS) is 14.0. The van der Waals surface area contributed by atoms with Crippen LogP contribution in [0.15, 0.2) is 23.6 Å². The number of amides is 3. The Kier molecular flexibility index (Phi) is 6.56. The lowest BCUT2D eigenvalue weighted by atomic mass is 10.1. The van der Waals surface area contributed by atoms with Crippen LogP contribution in [0.4, 0.5) is 5.69 Å². The van der Waals surface area contributed by atoms with E-state index in [1.54, 1.807) is 0 Å². The summed E-state index contributed by atoms with van der Waals surface area (Å²) in [6, 6.07) is 3.90. The molecule has 10 heteroatoms. The topological polar surface area (TPSA) is 123 Å². The summed E-state index contributed by atoms with van der Waals surface area (Å²) in [5, 5.41) is 16.9. The van der Waals surface area contributed by atoms with Crippen LogP contribution in [-0.2, 0) is 4.79 Å². The van der Waals surface area contributed by atoms with Gasteiger partial charge in [-0.15, -0.1) is 11.3 Å². The fourth-order valence-corrected chi connectivity index (χ4v) is 4.08. The molecule has 1 aliphatic rings. The minimum atomic E-state index is -0.653. The first-order valence-electron chi connectivity index (χ1n) is 9.64. The van der Waals surface area contributed by atoms with Gasteiger partial charge in [0.05, 0.1) is 27.2 Å². The van der Waals surface area contributed by atoms with Gasteiger partial charge in [0, 0.05) is 24.4 Å². The van der Waals surface area contributed by atoms with Crippen LogP contribution < -0.4 is 5.32 Å². The van der Waals surface area contributed by atoms with Crippen LogP contribution in [-0.4, -0.2) is 39.1 Å². The van der Waals surface area contributed by atoms with Gasteiger partial charge in [0.25, 0.3) is 17.5 Å². The van der Waals surface area contributed by atoms with Crippen molar-refractivity contribution in [3.8, 4) is 0 Å². The average Bonchev–Trinajstić information content (AvgIpc) is 3.24. The summed E-state index contributed by atoms with van der Waals surface area (Å²) in [6.45, 7) is 3.96. The van der Waals surface area contributed by atoms with E-state index in [4.69, 9.17) is 0 Å². The van der Waals surface area contributed by atoms with E-state index in [2.05, 4.69) is 10.3 Å². The molecule has 1 aromatic carbocycles. The third-order valence-electron chi connectivity index (χ3n) is 4.92. The third kappa shape index (κ3) is 4.54. The van der Waals surface area contributed by atoms with Crippen molar-refractivity contribution in [2.24, 2.45) is 0 Å². The number of aryl methyl sites for hydroxylation is 1. The maximum atomic E-state index is 12.5. The summed E-state index contributed by atoms with van der Waals surface area (Å²) < 4.78 is 0. The standard InChI is InChI=1S/C20H22N4O5S/c1-12(15-11-30-13(2)22-15)21-17(25)9-4-3-5-10-23-19(26)14-7-6-8-16(24(28)29)18(14)20(23)27/h6-8,11-12H,3-5,9-10H2,1-2H3,(H,21,25). The van der Waals surface area contributed by atoms with E-state index in [0.29, 0.717) is 25.7 Å². The smallest absolute Gasteiger partial charge is 0.282 e. The number of carbonyl (C=O) groups is 3. The number of aromatic nitrogens is 1. The predicted molar refractivity (Wildman–Crippen MR) is 110 cm³/mol. The minimum Gasteiger partial charge on any atom is -0.348 e. The summed E-state index contributed by atoms with van der Waals surface area (Å²) in [7, 11) is 0. The molecule has 1 aliphatic heterocycles. The van der Waals surface area contributed by atoms with Crippen LogP contribution in [0, 0.1) is 17.0 Å². The molecule has 0 fully saturated rings. The van der Waals surface area contributed by atoms with Crippen molar-refractivity contribution in [3.05, 3.63) is 55.5 Å².